The maximum absolute atomic E-state index is 12.8. The molecule has 1 atom stereocenters. The number of carbonyl (C=O) groups excluding carboxylic acids is 3. The van der Waals surface area contributed by atoms with Gasteiger partial charge >= 0.3 is 17.9 Å². The van der Waals surface area contributed by atoms with Gasteiger partial charge in [0.2, 0.25) is 0 Å². The molecule has 6 heteroatoms. The Morgan fingerprint density at radius 3 is 0.968 bits per heavy atom. The summed E-state index contributed by atoms with van der Waals surface area (Å²) in [5.41, 5.74) is 0. The zero-order chi connectivity index (χ0) is 45.8. The monoisotopic (exact) mass is 877 g/mol. The van der Waals surface area contributed by atoms with Crippen molar-refractivity contribution in [1.29, 1.82) is 0 Å². The summed E-state index contributed by atoms with van der Waals surface area (Å²) >= 11 is 0. The van der Waals surface area contributed by atoms with Gasteiger partial charge in [-0.25, -0.2) is 0 Å². The maximum atomic E-state index is 12.8. The summed E-state index contributed by atoms with van der Waals surface area (Å²) in [5, 5.41) is 0. The fourth-order valence-corrected chi connectivity index (χ4v) is 7.04. The summed E-state index contributed by atoms with van der Waals surface area (Å²) in [7, 11) is 0. The lowest BCUT2D eigenvalue weighted by atomic mass is 10.1. The van der Waals surface area contributed by atoms with Crippen LogP contribution in [0.4, 0.5) is 0 Å². The van der Waals surface area contributed by atoms with Crippen LogP contribution >= 0.6 is 0 Å². The molecular weight excluding hydrogens is 781 g/mol. The molecule has 0 N–H and O–H groups in total. The Labute approximate surface area is 388 Å². The number of unbranched alkanes of at least 4 members (excludes halogenated alkanes) is 21. The predicted octanol–water partition coefficient (Wildman–Crippen LogP) is 17.2. The van der Waals surface area contributed by atoms with Gasteiger partial charge in [-0.05, 0) is 89.9 Å². The van der Waals surface area contributed by atoms with Crippen LogP contribution in [0, 0.1) is 0 Å². The second-order valence-corrected chi connectivity index (χ2v) is 17.0. The molecule has 0 aliphatic carbocycles. The molecule has 63 heavy (non-hydrogen) atoms. The molecule has 0 saturated heterocycles. The summed E-state index contributed by atoms with van der Waals surface area (Å²) in [6.45, 7) is 6.38. The Hall–Kier alpha value is -3.41. The average Bonchev–Trinajstić information content (AvgIpc) is 3.28. The van der Waals surface area contributed by atoms with Gasteiger partial charge in [-0.15, -0.1) is 0 Å². The Kier molecular flexibility index (Phi) is 48.5. The van der Waals surface area contributed by atoms with Crippen molar-refractivity contribution < 1.29 is 28.6 Å². The van der Waals surface area contributed by atoms with Crippen molar-refractivity contribution in [1.82, 2.24) is 0 Å². The highest BCUT2D eigenvalue weighted by Crippen LogP contribution is 2.14. The molecule has 0 amide bonds. The Bertz CT molecular complexity index is 1240. The molecule has 0 radical (unpaired) electrons. The van der Waals surface area contributed by atoms with Crippen LogP contribution in [0.2, 0.25) is 0 Å². The van der Waals surface area contributed by atoms with Gasteiger partial charge in [0.05, 0.1) is 0 Å². The van der Waals surface area contributed by atoms with E-state index in [9.17, 15) is 14.4 Å². The third kappa shape index (κ3) is 49.5. The fraction of sp³-hybridized carbons (Fsp3) is 0.702. The minimum atomic E-state index is -0.789. The highest BCUT2D eigenvalue weighted by Gasteiger charge is 2.19. The van der Waals surface area contributed by atoms with Gasteiger partial charge in [0.15, 0.2) is 6.10 Å². The number of carbonyl (C=O) groups is 3. The van der Waals surface area contributed by atoms with Gasteiger partial charge in [-0.2, -0.15) is 0 Å². The van der Waals surface area contributed by atoms with Crippen molar-refractivity contribution >= 4 is 17.9 Å². The minimum absolute atomic E-state index is 0.0873. The van der Waals surface area contributed by atoms with Crippen LogP contribution in [0.15, 0.2) is 85.1 Å². The van der Waals surface area contributed by atoms with Crippen molar-refractivity contribution in [3.05, 3.63) is 85.1 Å². The van der Waals surface area contributed by atoms with Crippen LogP contribution in [0.25, 0.3) is 0 Å². The smallest absolute Gasteiger partial charge is 0.306 e. The lowest BCUT2D eigenvalue weighted by molar-refractivity contribution is -0.167. The molecule has 0 aliphatic heterocycles. The van der Waals surface area contributed by atoms with Gasteiger partial charge in [-0.3, -0.25) is 14.4 Å². The molecular formula is C57H96O6. The third-order valence-electron chi connectivity index (χ3n) is 10.9. The van der Waals surface area contributed by atoms with E-state index < -0.39 is 6.10 Å². The third-order valence-corrected chi connectivity index (χ3v) is 10.9. The highest BCUT2D eigenvalue weighted by molar-refractivity contribution is 5.71. The molecule has 0 aromatic rings. The average molecular weight is 877 g/mol. The van der Waals surface area contributed by atoms with Crippen molar-refractivity contribution in [2.75, 3.05) is 13.2 Å². The van der Waals surface area contributed by atoms with Crippen molar-refractivity contribution in [2.45, 2.75) is 245 Å². The Morgan fingerprint density at radius 1 is 0.333 bits per heavy atom. The summed E-state index contributed by atoms with van der Waals surface area (Å²) in [4.78, 5) is 38.0. The molecule has 0 heterocycles. The number of hydrogen-bond donors (Lipinski definition) is 0. The van der Waals surface area contributed by atoms with Crippen molar-refractivity contribution in [3.63, 3.8) is 0 Å². The molecule has 0 bridgehead atoms. The molecule has 0 aliphatic rings. The molecule has 0 fully saturated rings. The number of ether oxygens (including phenoxy) is 3. The van der Waals surface area contributed by atoms with Crippen LogP contribution in [-0.4, -0.2) is 37.2 Å². The first-order valence-corrected chi connectivity index (χ1v) is 26.1. The first-order valence-electron chi connectivity index (χ1n) is 26.1. The number of hydrogen-bond acceptors (Lipinski definition) is 6. The summed E-state index contributed by atoms with van der Waals surface area (Å²) in [5.74, 6) is -0.919. The van der Waals surface area contributed by atoms with E-state index >= 15 is 0 Å². The SMILES string of the molecule is CC/C=C\C/C=C\C/C=C\C/C=C\CCCCCCCCC(=O)OCC(COC(=O)CCCCCCCCCCCCC)OC(=O)CCCCCCC/C=C\C/C=C\C/C=C\CC. The summed E-state index contributed by atoms with van der Waals surface area (Å²) in [6.07, 6.45) is 65.6. The van der Waals surface area contributed by atoms with E-state index in [1.54, 1.807) is 0 Å². The van der Waals surface area contributed by atoms with Crippen LogP contribution in [-0.2, 0) is 28.6 Å². The molecule has 1 unspecified atom stereocenters. The summed E-state index contributed by atoms with van der Waals surface area (Å²) < 4.78 is 16.8. The molecule has 0 rings (SSSR count). The molecule has 6 nitrogen and oxygen atoms in total. The largest absolute Gasteiger partial charge is 0.462 e. The fourth-order valence-electron chi connectivity index (χ4n) is 7.04. The van der Waals surface area contributed by atoms with Gasteiger partial charge < -0.3 is 14.2 Å². The Balaban J connectivity index is 4.41. The first kappa shape index (κ1) is 59.6. The lowest BCUT2D eigenvalue weighted by Gasteiger charge is -2.18. The predicted molar refractivity (Wildman–Crippen MR) is 270 cm³/mol. The Morgan fingerprint density at radius 2 is 0.619 bits per heavy atom. The maximum Gasteiger partial charge on any atom is 0.306 e. The molecule has 0 saturated carbocycles. The molecule has 360 valence electrons. The second kappa shape index (κ2) is 51.2. The van der Waals surface area contributed by atoms with Gasteiger partial charge in [0.25, 0.3) is 0 Å². The first-order chi connectivity index (χ1) is 31.0. The van der Waals surface area contributed by atoms with Crippen molar-refractivity contribution in [2.24, 2.45) is 0 Å². The topological polar surface area (TPSA) is 78.9 Å². The number of allylic oxidation sites excluding steroid dienone is 14. The zero-order valence-electron chi connectivity index (χ0n) is 41.1. The van der Waals surface area contributed by atoms with E-state index in [0.717, 1.165) is 135 Å². The van der Waals surface area contributed by atoms with E-state index in [2.05, 4.69) is 106 Å². The quantitative estimate of drug-likeness (QED) is 0.0262. The van der Waals surface area contributed by atoms with Gasteiger partial charge in [0, 0.05) is 19.3 Å². The molecule has 0 aromatic heterocycles. The van der Waals surface area contributed by atoms with E-state index in [1.807, 2.05) is 0 Å². The normalized spacial score (nSPS) is 12.7. The van der Waals surface area contributed by atoms with Crippen LogP contribution in [0.3, 0.4) is 0 Å². The second-order valence-electron chi connectivity index (χ2n) is 17.0. The van der Waals surface area contributed by atoms with Gasteiger partial charge in [-0.1, -0.05) is 215 Å². The molecule has 0 aromatic carbocycles. The zero-order valence-corrected chi connectivity index (χ0v) is 41.1. The van der Waals surface area contributed by atoms with Crippen LogP contribution < -0.4 is 0 Å². The van der Waals surface area contributed by atoms with Crippen molar-refractivity contribution in [3.8, 4) is 0 Å². The van der Waals surface area contributed by atoms with E-state index in [0.29, 0.717) is 19.3 Å². The van der Waals surface area contributed by atoms with E-state index in [1.165, 1.54) is 64.2 Å². The number of esters is 3. The standard InChI is InChI=1S/C57H96O6/c1-4-7-10-13-16-19-22-24-26-27-28-29-31-32-35-38-41-44-47-50-56(59)62-53-54(52-61-55(58)49-46-43-40-37-34-21-18-15-12-9-6-3)63-57(60)51-48-45-42-39-36-33-30-25-23-20-17-14-11-8-5-2/h7-8,10-11,16-17,19-20,24-26,28-30,54H,4-6,9,12-15,18,21-23,27,31-53H2,1-3H3/b10-7-,11-8-,19-16-,20-17-,26-24-,29-28-,30-25-. The van der Waals surface area contributed by atoms with E-state index in [-0.39, 0.29) is 31.1 Å². The number of rotatable bonds is 46. The molecule has 0 spiro atoms. The van der Waals surface area contributed by atoms with Gasteiger partial charge in [0.1, 0.15) is 13.2 Å². The van der Waals surface area contributed by atoms with Crippen LogP contribution in [0.1, 0.15) is 239 Å². The lowest BCUT2D eigenvalue weighted by Crippen LogP contribution is -2.30. The van der Waals surface area contributed by atoms with E-state index in [4.69, 9.17) is 14.2 Å². The van der Waals surface area contributed by atoms with Crippen LogP contribution in [0.5, 0.6) is 0 Å². The minimum Gasteiger partial charge on any atom is -0.462 e. The highest BCUT2D eigenvalue weighted by atomic mass is 16.6. The summed E-state index contributed by atoms with van der Waals surface area (Å²) in [6, 6.07) is 0.